The lowest BCUT2D eigenvalue weighted by atomic mass is 9.78. The van der Waals surface area contributed by atoms with Gasteiger partial charge in [-0.3, -0.25) is 9.69 Å². The van der Waals surface area contributed by atoms with Crippen molar-refractivity contribution in [2.45, 2.75) is 13.4 Å². The van der Waals surface area contributed by atoms with Crippen LogP contribution in [0.5, 0.6) is 0 Å². The number of piperazine rings is 1. The van der Waals surface area contributed by atoms with Crippen LogP contribution in [0.25, 0.3) is 0 Å². The Labute approximate surface area is 148 Å². The quantitative estimate of drug-likeness (QED) is 0.788. The number of nitrogens with zero attached hydrogens (tertiary/aromatic N) is 3. The predicted molar refractivity (Wildman–Crippen MR) is 93.7 cm³/mol. The second kappa shape index (κ2) is 7.88. The number of benzene rings is 1. The van der Waals surface area contributed by atoms with Crippen molar-refractivity contribution in [3.05, 3.63) is 35.9 Å². The van der Waals surface area contributed by atoms with Crippen LogP contribution in [0.3, 0.4) is 0 Å². The molecular weight excluding hydrogens is 321 g/mol. The van der Waals surface area contributed by atoms with Crippen molar-refractivity contribution in [2.24, 2.45) is 5.92 Å². The van der Waals surface area contributed by atoms with E-state index in [0.717, 1.165) is 18.7 Å². The van der Waals surface area contributed by atoms with Crippen LogP contribution in [0.1, 0.15) is 5.56 Å². The summed E-state index contributed by atoms with van der Waals surface area (Å²) in [6.45, 7) is 5.37. The minimum Gasteiger partial charge on any atom is -0.445 e. The Morgan fingerprint density at radius 3 is 2.64 bits per heavy atom. The minimum absolute atomic E-state index is 0.0431. The number of hydrogen-bond donors (Lipinski definition) is 1. The molecule has 0 aromatic heterocycles. The number of ether oxygens (including phenoxy) is 1. The molecule has 2 aliphatic rings. The second-order valence-corrected chi connectivity index (χ2v) is 6.75. The molecule has 2 amide bonds. The summed E-state index contributed by atoms with van der Waals surface area (Å²) in [5.41, 5.74) is 0.925. The van der Waals surface area contributed by atoms with Gasteiger partial charge < -0.3 is 19.5 Å². The average Bonchev–Trinajstić information content (AvgIpc) is 2.57. The monoisotopic (exact) mass is 345 g/mol. The van der Waals surface area contributed by atoms with Crippen molar-refractivity contribution >= 4 is 19.1 Å². The third-order valence-electron chi connectivity index (χ3n) is 4.77. The molecule has 2 heterocycles. The molecule has 2 saturated heterocycles. The van der Waals surface area contributed by atoms with Gasteiger partial charge in [-0.15, -0.1) is 0 Å². The predicted octanol–water partition coefficient (Wildman–Crippen LogP) is 0.509. The SMILES string of the molecule is CB(O)N1CC(CN2CCN(C(=O)OCc3ccccc3)CC2=O)C1. The van der Waals surface area contributed by atoms with E-state index in [2.05, 4.69) is 0 Å². The number of carbonyl (C=O) groups is 2. The molecule has 8 heteroatoms. The van der Waals surface area contributed by atoms with E-state index in [-0.39, 0.29) is 19.1 Å². The highest BCUT2D eigenvalue weighted by Gasteiger charge is 2.35. The van der Waals surface area contributed by atoms with Gasteiger partial charge in [0.25, 0.3) is 0 Å². The van der Waals surface area contributed by atoms with Crippen molar-refractivity contribution in [3.63, 3.8) is 0 Å². The highest BCUT2D eigenvalue weighted by atomic mass is 16.6. The van der Waals surface area contributed by atoms with E-state index in [1.165, 1.54) is 4.90 Å². The number of amides is 2. The van der Waals surface area contributed by atoms with Gasteiger partial charge in [0.2, 0.25) is 5.91 Å². The first kappa shape index (κ1) is 17.8. The molecule has 2 aliphatic heterocycles. The summed E-state index contributed by atoms with van der Waals surface area (Å²) in [7, 11) is -0.428. The highest BCUT2D eigenvalue weighted by molar-refractivity contribution is 6.45. The first-order valence-corrected chi connectivity index (χ1v) is 8.68. The molecule has 7 nitrogen and oxygen atoms in total. The van der Waals surface area contributed by atoms with E-state index in [4.69, 9.17) is 4.74 Å². The van der Waals surface area contributed by atoms with Gasteiger partial charge >= 0.3 is 13.1 Å². The van der Waals surface area contributed by atoms with Crippen LogP contribution >= 0.6 is 0 Å². The van der Waals surface area contributed by atoms with Crippen molar-refractivity contribution in [1.82, 2.24) is 14.6 Å². The molecule has 0 saturated carbocycles. The summed E-state index contributed by atoms with van der Waals surface area (Å²) >= 11 is 0. The zero-order chi connectivity index (χ0) is 17.8. The standard InChI is InChI=1S/C17H24BN3O4/c1-18(24)21-10-15(11-21)9-19-7-8-20(12-16(19)22)17(23)25-13-14-5-3-2-4-6-14/h2-6,15,24H,7-13H2,1H3. The van der Waals surface area contributed by atoms with Gasteiger partial charge in [0, 0.05) is 25.6 Å². The Hall–Kier alpha value is -2.06. The van der Waals surface area contributed by atoms with Gasteiger partial charge in [0.1, 0.15) is 13.2 Å². The van der Waals surface area contributed by atoms with E-state index >= 15 is 0 Å². The lowest BCUT2D eigenvalue weighted by Crippen LogP contribution is -2.59. The molecule has 0 radical (unpaired) electrons. The summed E-state index contributed by atoms with van der Waals surface area (Å²) in [5.74, 6) is 0.355. The van der Waals surface area contributed by atoms with Gasteiger partial charge in [-0.2, -0.15) is 0 Å². The molecule has 0 spiro atoms. The van der Waals surface area contributed by atoms with E-state index < -0.39 is 13.1 Å². The lowest BCUT2D eigenvalue weighted by Gasteiger charge is -2.44. The molecule has 1 N–H and O–H groups in total. The molecule has 0 unspecified atom stereocenters. The Morgan fingerprint density at radius 1 is 1.28 bits per heavy atom. The van der Waals surface area contributed by atoms with Crippen LogP contribution in [0, 0.1) is 5.92 Å². The van der Waals surface area contributed by atoms with Crippen LogP contribution in [0.2, 0.25) is 6.82 Å². The van der Waals surface area contributed by atoms with Crippen molar-refractivity contribution in [2.75, 3.05) is 39.3 Å². The van der Waals surface area contributed by atoms with Crippen LogP contribution in [-0.4, -0.2) is 78.0 Å². The van der Waals surface area contributed by atoms with Gasteiger partial charge in [-0.25, -0.2) is 4.79 Å². The van der Waals surface area contributed by atoms with Gasteiger partial charge in [-0.1, -0.05) is 30.3 Å². The lowest BCUT2D eigenvalue weighted by molar-refractivity contribution is -0.136. The van der Waals surface area contributed by atoms with Crippen LogP contribution in [-0.2, 0) is 16.1 Å². The summed E-state index contributed by atoms with van der Waals surface area (Å²) < 4.78 is 5.29. The fourth-order valence-corrected chi connectivity index (χ4v) is 3.21. The van der Waals surface area contributed by atoms with Crippen LogP contribution < -0.4 is 0 Å². The maximum absolute atomic E-state index is 12.3. The number of hydrogen-bond acceptors (Lipinski definition) is 5. The number of rotatable bonds is 5. The molecule has 134 valence electrons. The molecule has 2 fully saturated rings. The largest absolute Gasteiger partial charge is 0.445 e. The first-order chi connectivity index (χ1) is 12.0. The third-order valence-corrected chi connectivity index (χ3v) is 4.77. The van der Waals surface area contributed by atoms with Crippen molar-refractivity contribution in [3.8, 4) is 0 Å². The maximum atomic E-state index is 12.3. The molecule has 25 heavy (non-hydrogen) atoms. The Balaban J connectivity index is 1.41. The second-order valence-electron chi connectivity index (χ2n) is 6.75. The zero-order valence-corrected chi connectivity index (χ0v) is 14.5. The molecule has 1 aromatic rings. The maximum Gasteiger partial charge on any atom is 0.410 e. The molecule has 3 rings (SSSR count). The summed E-state index contributed by atoms with van der Waals surface area (Å²) in [4.78, 5) is 29.7. The van der Waals surface area contributed by atoms with Crippen molar-refractivity contribution < 1.29 is 19.3 Å². The van der Waals surface area contributed by atoms with Crippen molar-refractivity contribution in [1.29, 1.82) is 0 Å². The van der Waals surface area contributed by atoms with Gasteiger partial charge in [-0.05, 0) is 25.5 Å². The minimum atomic E-state index is -0.444. The Morgan fingerprint density at radius 2 is 2.00 bits per heavy atom. The molecular formula is C17H24BN3O4. The van der Waals surface area contributed by atoms with E-state index in [1.54, 1.807) is 6.82 Å². The smallest absolute Gasteiger partial charge is 0.410 e. The van der Waals surface area contributed by atoms with E-state index in [9.17, 15) is 14.6 Å². The first-order valence-electron chi connectivity index (χ1n) is 8.68. The summed E-state index contributed by atoms with van der Waals surface area (Å²) in [6.07, 6.45) is -0.444. The average molecular weight is 345 g/mol. The molecule has 1 aromatic carbocycles. The fraction of sp³-hybridized carbons (Fsp3) is 0.529. The van der Waals surface area contributed by atoms with Gasteiger partial charge in [0.05, 0.1) is 0 Å². The highest BCUT2D eigenvalue weighted by Crippen LogP contribution is 2.19. The van der Waals surface area contributed by atoms with E-state index in [1.807, 2.05) is 40.0 Å². The fourth-order valence-electron chi connectivity index (χ4n) is 3.21. The Bertz CT molecular complexity index is 607. The number of carbonyl (C=O) groups excluding carboxylic acids is 2. The molecule has 0 aliphatic carbocycles. The molecule has 0 bridgehead atoms. The van der Waals surface area contributed by atoms with E-state index in [0.29, 0.717) is 25.6 Å². The zero-order valence-electron chi connectivity index (χ0n) is 14.5. The van der Waals surface area contributed by atoms with Gasteiger partial charge in [0.15, 0.2) is 0 Å². The molecule has 0 atom stereocenters. The topological polar surface area (TPSA) is 73.3 Å². The normalized spacial score (nSPS) is 18.9. The summed E-state index contributed by atoms with van der Waals surface area (Å²) in [6, 6.07) is 9.48. The third kappa shape index (κ3) is 4.52. The van der Waals surface area contributed by atoms with Crippen LogP contribution in [0.4, 0.5) is 4.79 Å². The summed E-state index contributed by atoms with van der Waals surface area (Å²) in [5, 5.41) is 9.46. The Kier molecular flexibility index (Phi) is 5.60. The van der Waals surface area contributed by atoms with Crippen LogP contribution in [0.15, 0.2) is 30.3 Å².